The summed E-state index contributed by atoms with van der Waals surface area (Å²) in [4.78, 5) is 0. The van der Waals surface area contributed by atoms with Crippen molar-refractivity contribution < 1.29 is 4.74 Å². The van der Waals surface area contributed by atoms with Crippen LogP contribution in [-0.2, 0) is 5.88 Å². The van der Waals surface area contributed by atoms with Crippen LogP contribution in [0.2, 0.25) is 5.02 Å². The predicted molar refractivity (Wildman–Crippen MR) is 82.9 cm³/mol. The van der Waals surface area contributed by atoms with E-state index < -0.39 is 0 Å². The Bertz CT molecular complexity index is 573. The monoisotopic (exact) mass is 408 g/mol. The van der Waals surface area contributed by atoms with Gasteiger partial charge in [-0.05, 0) is 51.8 Å². The van der Waals surface area contributed by atoms with Crippen molar-refractivity contribution in [3.05, 3.63) is 55.9 Å². The molecule has 0 fully saturated rings. The normalized spacial score (nSPS) is 10.4. The molecule has 2 aromatic carbocycles. The van der Waals surface area contributed by atoms with Crippen molar-refractivity contribution in [2.75, 3.05) is 0 Å². The van der Waals surface area contributed by atoms with E-state index in [9.17, 15) is 0 Å². The first-order valence-electron chi connectivity index (χ1n) is 5.07. The van der Waals surface area contributed by atoms with E-state index in [1.54, 1.807) is 6.07 Å². The zero-order chi connectivity index (χ0) is 13.1. The van der Waals surface area contributed by atoms with Gasteiger partial charge in [0.1, 0.15) is 11.5 Å². The molecule has 0 saturated carbocycles. The van der Waals surface area contributed by atoms with Gasteiger partial charge < -0.3 is 4.74 Å². The molecule has 0 aromatic heterocycles. The highest BCUT2D eigenvalue weighted by Crippen LogP contribution is 2.33. The summed E-state index contributed by atoms with van der Waals surface area (Å²) in [6.07, 6.45) is 0. The standard InChI is InChI=1S/C13H8Br2Cl2O/c14-9-2-4-13(11(15)5-9)18-10-3-1-8(7-16)12(17)6-10/h1-6H,7H2. The lowest BCUT2D eigenvalue weighted by Gasteiger charge is -2.09. The molecule has 0 aliphatic carbocycles. The molecular formula is C13H8Br2Cl2O. The Balaban J connectivity index is 2.26. The minimum Gasteiger partial charge on any atom is -0.456 e. The maximum Gasteiger partial charge on any atom is 0.141 e. The Kier molecular flexibility index (Phi) is 4.96. The van der Waals surface area contributed by atoms with Gasteiger partial charge in [-0.3, -0.25) is 0 Å². The highest BCUT2D eigenvalue weighted by Gasteiger charge is 2.06. The van der Waals surface area contributed by atoms with Gasteiger partial charge in [-0.2, -0.15) is 0 Å². The summed E-state index contributed by atoms with van der Waals surface area (Å²) in [6, 6.07) is 11.2. The fraction of sp³-hybridized carbons (Fsp3) is 0.0769. The average Bonchev–Trinajstić information content (AvgIpc) is 2.33. The number of alkyl halides is 1. The van der Waals surface area contributed by atoms with Crippen molar-refractivity contribution in [3.8, 4) is 11.5 Å². The maximum atomic E-state index is 6.08. The molecule has 0 N–H and O–H groups in total. The Labute approximate surface area is 132 Å². The predicted octanol–water partition coefficient (Wildman–Crippen LogP) is 6.40. The van der Waals surface area contributed by atoms with Crippen LogP contribution < -0.4 is 4.74 Å². The molecule has 18 heavy (non-hydrogen) atoms. The van der Waals surface area contributed by atoms with Gasteiger partial charge in [0.15, 0.2) is 0 Å². The number of rotatable bonds is 3. The molecular weight excluding hydrogens is 403 g/mol. The minimum atomic E-state index is 0.390. The number of hydrogen-bond donors (Lipinski definition) is 0. The number of hydrogen-bond acceptors (Lipinski definition) is 1. The Morgan fingerprint density at radius 1 is 1.06 bits per heavy atom. The second-order valence-corrected chi connectivity index (χ2v) is 6.01. The van der Waals surface area contributed by atoms with Crippen LogP contribution in [0.5, 0.6) is 11.5 Å². The summed E-state index contributed by atoms with van der Waals surface area (Å²) < 4.78 is 7.60. The maximum absolute atomic E-state index is 6.08. The first-order chi connectivity index (χ1) is 8.60. The van der Waals surface area contributed by atoms with Crippen LogP contribution in [0, 0.1) is 0 Å². The van der Waals surface area contributed by atoms with E-state index in [1.165, 1.54) is 0 Å². The van der Waals surface area contributed by atoms with Gasteiger partial charge in [-0.15, -0.1) is 11.6 Å². The van der Waals surface area contributed by atoms with Crippen molar-refractivity contribution in [2.45, 2.75) is 5.88 Å². The van der Waals surface area contributed by atoms with E-state index in [-0.39, 0.29) is 0 Å². The van der Waals surface area contributed by atoms with E-state index in [0.29, 0.717) is 16.7 Å². The number of halogens is 4. The van der Waals surface area contributed by atoms with Crippen molar-refractivity contribution in [1.29, 1.82) is 0 Å². The third-order valence-corrected chi connectivity index (χ3v) is 4.04. The lowest BCUT2D eigenvalue weighted by atomic mass is 10.2. The molecule has 0 spiro atoms. The van der Waals surface area contributed by atoms with Crippen molar-refractivity contribution in [3.63, 3.8) is 0 Å². The van der Waals surface area contributed by atoms with E-state index >= 15 is 0 Å². The summed E-state index contributed by atoms with van der Waals surface area (Å²) in [6.45, 7) is 0. The topological polar surface area (TPSA) is 9.23 Å². The molecule has 0 saturated heterocycles. The van der Waals surface area contributed by atoms with Crippen LogP contribution in [0.1, 0.15) is 5.56 Å². The first kappa shape index (κ1) is 14.2. The smallest absolute Gasteiger partial charge is 0.141 e. The molecule has 0 aliphatic heterocycles. The van der Waals surface area contributed by atoms with Gasteiger partial charge in [-0.1, -0.05) is 33.6 Å². The van der Waals surface area contributed by atoms with E-state index in [1.807, 2.05) is 30.3 Å². The molecule has 0 unspecified atom stereocenters. The van der Waals surface area contributed by atoms with Crippen molar-refractivity contribution in [1.82, 2.24) is 0 Å². The molecule has 0 amide bonds. The highest BCUT2D eigenvalue weighted by molar-refractivity contribution is 9.11. The van der Waals surface area contributed by atoms with Gasteiger partial charge in [0, 0.05) is 15.4 Å². The van der Waals surface area contributed by atoms with Crippen LogP contribution in [0.3, 0.4) is 0 Å². The number of benzene rings is 2. The van der Waals surface area contributed by atoms with Gasteiger partial charge >= 0.3 is 0 Å². The van der Waals surface area contributed by atoms with Crippen LogP contribution >= 0.6 is 55.1 Å². The summed E-state index contributed by atoms with van der Waals surface area (Å²) >= 11 is 18.7. The van der Waals surface area contributed by atoms with Crippen LogP contribution in [0.15, 0.2) is 45.3 Å². The average molecular weight is 411 g/mol. The summed E-state index contributed by atoms with van der Waals surface area (Å²) in [5.41, 5.74) is 0.889. The van der Waals surface area contributed by atoms with Crippen LogP contribution in [0.25, 0.3) is 0 Å². The quantitative estimate of drug-likeness (QED) is 0.532. The Morgan fingerprint density at radius 3 is 2.44 bits per heavy atom. The number of ether oxygens (including phenoxy) is 1. The SMILES string of the molecule is ClCc1ccc(Oc2ccc(Br)cc2Br)cc1Cl. The minimum absolute atomic E-state index is 0.390. The van der Waals surface area contributed by atoms with Gasteiger partial charge in [-0.25, -0.2) is 0 Å². The Hall–Kier alpha value is -0.220. The molecule has 2 aromatic rings. The molecule has 0 atom stereocenters. The zero-order valence-electron chi connectivity index (χ0n) is 9.09. The third kappa shape index (κ3) is 3.41. The van der Waals surface area contributed by atoms with Gasteiger partial charge in [0.05, 0.1) is 4.47 Å². The Morgan fingerprint density at radius 2 is 1.83 bits per heavy atom. The molecule has 1 nitrogen and oxygen atoms in total. The summed E-state index contributed by atoms with van der Waals surface area (Å²) in [5.74, 6) is 1.80. The van der Waals surface area contributed by atoms with Crippen LogP contribution in [-0.4, -0.2) is 0 Å². The van der Waals surface area contributed by atoms with Gasteiger partial charge in [0.2, 0.25) is 0 Å². The summed E-state index contributed by atoms with van der Waals surface area (Å²) in [7, 11) is 0. The lowest BCUT2D eigenvalue weighted by molar-refractivity contribution is 0.479. The van der Waals surface area contributed by atoms with E-state index in [4.69, 9.17) is 27.9 Å². The van der Waals surface area contributed by atoms with E-state index in [2.05, 4.69) is 31.9 Å². The zero-order valence-corrected chi connectivity index (χ0v) is 13.8. The highest BCUT2D eigenvalue weighted by atomic mass is 79.9. The summed E-state index contributed by atoms with van der Waals surface area (Å²) in [5, 5.41) is 0.607. The molecule has 0 bridgehead atoms. The lowest BCUT2D eigenvalue weighted by Crippen LogP contribution is -1.87. The fourth-order valence-electron chi connectivity index (χ4n) is 1.38. The second kappa shape index (κ2) is 6.29. The largest absolute Gasteiger partial charge is 0.456 e. The molecule has 5 heteroatoms. The second-order valence-electron chi connectivity index (χ2n) is 3.56. The first-order valence-corrected chi connectivity index (χ1v) is 7.57. The molecule has 94 valence electrons. The van der Waals surface area contributed by atoms with Crippen molar-refractivity contribution in [2.24, 2.45) is 0 Å². The molecule has 2 rings (SSSR count). The molecule has 0 aliphatic rings. The fourth-order valence-corrected chi connectivity index (χ4v) is 3.05. The van der Waals surface area contributed by atoms with E-state index in [0.717, 1.165) is 20.3 Å². The van der Waals surface area contributed by atoms with Crippen molar-refractivity contribution >= 4 is 55.1 Å². The van der Waals surface area contributed by atoms with Crippen LogP contribution in [0.4, 0.5) is 0 Å². The van der Waals surface area contributed by atoms with Gasteiger partial charge in [0.25, 0.3) is 0 Å². The third-order valence-electron chi connectivity index (χ3n) is 2.29. The molecule has 0 radical (unpaired) electrons. The molecule has 0 heterocycles.